The summed E-state index contributed by atoms with van der Waals surface area (Å²) in [6, 6.07) is 0. The molecule has 0 bridgehead atoms. The second kappa shape index (κ2) is 12.8. The first-order valence-corrected chi connectivity index (χ1v) is 7.01. The van der Waals surface area contributed by atoms with Gasteiger partial charge in [-0.05, 0) is 20.3 Å². The van der Waals surface area contributed by atoms with Gasteiger partial charge in [0.25, 0.3) is 0 Å². The molecule has 0 amide bonds. The van der Waals surface area contributed by atoms with E-state index in [2.05, 4.69) is 6.92 Å². The zero-order valence-electron chi connectivity index (χ0n) is 12.1. The predicted octanol–water partition coefficient (Wildman–Crippen LogP) is 2.94. The first-order valence-electron chi connectivity index (χ1n) is 7.01. The smallest absolute Gasteiger partial charge is 0.305 e. The highest BCUT2D eigenvalue weighted by Crippen LogP contribution is 2.03. The number of carbonyl (C=O) groups is 1. The standard InChI is InChI=1S/C14H28O4/c1-4-5-6-7-8-14(15)18-12-10-16-9-11-17-13(2)3/h13H,4-12H2,1-3H3. The fourth-order valence-electron chi connectivity index (χ4n) is 1.43. The summed E-state index contributed by atoms with van der Waals surface area (Å²) < 4.78 is 15.6. The molecule has 0 aliphatic carbocycles. The molecule has 0 aromatic rings. The van der Waals surface area contributed by atoms with Crippen LogP contribution in [0.15, 0.2) is 0 Å². The van der Waals surface area contributed by atoms with E-state index in [0.717, 1.165) is 12.8 Å². The van der Waals surface area contributed by atoms with Crippen LogP contribution in [-0.2, 0) is 19.0 Å². The van der Waals surface area contributed by atoms with Crippen LogP contribution < -0.4 is 0 Å². The van der Waals surface area contributed by atoms with E-state index in [4.69, 9.17) is 14.2 Å². The van der Waals surface area contributed by atoms with E-state index in [9.17, 15) is 4.79 Å². The van der Waals surface area contributed by atoms with E-state index in [1.54, 1.807) is 0 Å². The van der Waals surface area contributed by atoms with Gasteiger partial charge in [-0.2, -0.15) is 0 Å². The van der Waals surface area contributed by atoms with Crippen LogP contribution in [0.2, 0.25) is 0 Å². The van der Waals surface area contributed by atoms with Crippen molar-refractivity contribution in [3.05, 3.63) is 0 Å². The van der Waals surface area contributed by atoms with E-state index in [1.165, 1.54) is 12.8 Å². The first kappa shape index (κ1) is 17.4. The van der Waals surface area contributed by atoms with Gasteiger partial charge in [0.15, 0.2) is 0 Å². The Hall–Kier alpha value is -0.610. The molecule has 108 valence electrons. The van der Waals surface area contributed by atoms with Gasteiger partial charge in [-0.3, -0.25) is 4.79 Å². The minimum absolute atomic E-state index is 0.117. The minimum atomic E-state index is -0.117. The fraction of sp³-hybridized carbons (Fsp3) is 0.929. The number of rotatable bonds is 12. The Bertz CT molecular complexity index is 192. The number of hydrogen-bond acceptors (Lipinski definition) is 4. The topological polar surface area (TPSA) is 44.8 Å². The molecule has 0 N–H and O–H groups in total. The lowest BCUT2D eigenvalue weighted by Crippen LogP contribution is -2.14. The molecule has 4 heteroatoms. The van der Waals surface area contributed by atoms with Crippen LogP contribution in [0, 0.1) is 0 Å². The molecule has 0 atom stereocenters. The number of unbranched alkanes of at least 4 members (excludes halogenated alkanes) is 3. The van der Waals surface area contributed by atoms with Crippen molar-refractivity contribution >= 4 is 5.97 Å². The minimum Gasteiger partial charge on any atom is -0.463 e. The van der Waals surface area contributed by atoms with E-state index < -0.39 is 0 Å². The highest BCUT2D eigenvalue weighted by molar-refractivity contribution is 5.69. The third-order valence-corrected chi connectivity index (χ3v) is 2.40. The quantitative estimate of drug-likeness (QED) is 0.400. The lowest BCUT2D eigenvalue weighted by molar-refractivity contribution is -0.145. The van der Waals surface area contributed by atoms with Crippen molar-refractivity contribution in [1.82, 2.24) is 0 Å². The van der Waals surface area contributed by atoms with E-state index >= 15 is 0 Å². The molecule has 0 rings (SSSR count). The van der Waals surface area contributed by atoms with E-state index in [1.807, 2.05) is 13.8 Å². The van der Waals surface area contributed by atoms with Gasteiger partial charge in [-0.1, -0.05) is 26.2 Å². The van der Waals surface area contributed by atoms with Crippen molar-refractivity contribution < 1.29 is 19.0 Å². The van der Waals surface area contributed by atoms with Crippen LogP contribution in [-0.4, -0.2) is 38.5 Å². The van der Waals surface area contributed by atoms with Crippen LogP contribution in [0.4, 0.5) is 0 Å². The third-order valence-electron chi connectivity index (χ3n) is 2.40. The van der Waals surface area contributed by atoms with Gasteiger partial charge >= 0.3 is 5.97 Å². The van der Waals surface area contributed by atoms with Crippen LogP contribution in [0.3, 0.4) is 0 Å². The lowest BCUT2D eigenvalue weighted by atomic mass is 10.2. The Morgan fingerprint density at radius 1 is 1.00 bits per heavy atom. The molecule has 0 radical (unpaired) electrons. The summed E-state index contributed by atoms with van der Waals surface area (Å²) in [5, 5.41) is 0. The summed E-state index contributed by atoms with van der Waals surface area (Å²) in [6.07, 6.45) is 5.16. The molecule has 0 aliphatic heterocycles. The summed E-state index contributed by atoms with van der Waals surface area (Å²) in [5.41, 5.74) is 0. The van der Waals surface area contributed by atoms with Gasteiger partial charge in [0, 0.05) is 6.42 Å². The van der Waals surface area contributed by atoms with Gasteiger partial charge in [-0.15, -0.1) is 0 Å². The molecule has 0 aromatic heterocycles. The molecule has 0 aliphatic rings. The monoisotopic (exact) mass is 260 g/mol. The SMILES string of the molecule is CCCCCCC(=O)OCCOCCOC(C)C. The number of carbonyl (C=O) groups excluding carboxylic acids is 1. The zero-order valence-corrected chi connectivity index (χ0v) is 12.1. The Labute approximate surface area is 111 Å². The molecule has 0 aromatic carbocycles. The summed E-state index contributed by atoms with van der Waals surface area (Å²) in [7, 11) is 0. The average molecular weight is 260 g/mol. The van der Waals surface area contributed by atoms with Crippen molar-refractivity contribution in [2.75, 3.05) is 26.4 Å². The highest BCUT2D eigenvalue weighted by Gasteiger charge is 2.02. The number of ether oxygens (including phenoxy) is 3. The van der Waals surface area contributed by atoms with Crippen LogP contribution in [0.5, 0.6) is 0 Å². The molecule has 0 heterocycles. The molecule has 0 fully saturated rings. The van der Waals surface area contributed by atoms with Crippen LogP contribution in [0.1, 0.15) is 52.9 Å². The van der Waals surface area contributed by atoms with Crippen LogP contribution in [0.25, 0.3) is 0 Å². The highest BCUT2D eigenvalue weighted by atomic mass is 16.6. The Morgan fingerprint density at radius 3 is 2.39 bits per heavy atom. The number of esters is 1. The van der Waals surface area contributed by atoms with Crippen LogP contribution >= 0.6 is 0 Å². The van der Waals surface area contributed by atoms with Gasteiger partial charge in [0.1, 0.15) is 6.61 Å². The predicted molar refractivity (Wildman–Crippen MR) is 71.6 cm³/mol. The third kappa shape index (κ3) is 13.5. The Kier molecular flexibility index (Phi) is 12.4. The van der Waals surface area contributed by atoms with Crippen molar-refractivity contribution in [2.24, 2.45) is 0 Å². The maximum Gasteiger partial charge on any atom is 0.305 e. The fourth-order valence-corrected chi connectivity index (χ4v) is 1.43. The van der Waals surface area contributed by atoms with Crippen molar-refractivity contribution in [2.45, 2.75) is 59.0 Å². The maximum absolute atomic E-state index is 11.3. The van der Waals surface area contributed by atoms with Gasteiger partial charge < -0.3 is 14.2 Å². The molecule has 18 heavy (non-hydrogen) atoms. The van der Waals surface area contributed by atoms with Crippen molar-refractivity contribution in [3.8, 4) is 0 Å². The first-order chi connectivity index (χ1) is 8.66. The molecule has 0 saturated carbocycles. The molecule has 0 unspecified atom stereocenters. The second-order valence-corrected chi connectivity index (χ2v) is 4.56. The number of hydrogen-bond donors (Lipinski definition) is 0. The van der Waals surface area contributed by atoms with Gasteiger partial charge in [-0.25, -0.2) is 0 Å². The summed E-state index contributed by atoms with van der Waals surface area (Å²) in [4.78, 5) is 11.3. The largest absolute Gasteiger partial charge is 0.463 e. The molecule has 4 nitrogen and oxygen atoms in total. The molecule has 0 spiro atoms. The summed E-state index contributed by atoms with van der Waals surface area (Å²) >= 11 is 0. The van der Waals surface area contributed by atoms with Crippen molar-refractivity contribution in [3.63, 3.8) is 0 Å². The summed E-state index contributed by atoms with van der Waals surface area (Å²) in [5.74, 6) is -0.117. The van der Waals surface area contributed by atoms with Gasteiger partial charge in [0.05, 0.1) is 25.9 Å². The summed E-state index contributed by atoms with van der Waals surface area (Å²) in [6.45, 7) is 8.05. The molecular formula is C14H28O4. The molecule has 0 saturated heterocycles. The average Bonchev–Trinajstić information content (AvgIpc) is 2.33. The van der Waals surface area contributed by atoms with Crippen molar-refractivity contribution in [1.29, 1.82) is 0 Å². The second-order valence-electron chi connectivity index (χ2n) is 4.56. The Morgan fingerprint density at radius 2 is 1.72 bits per heavy atom. The normalized spacial score (nSPS) is 10.9. The lowest BCUT2D eigenvalue weighted by Gasteiger charge is -2.08. The van der Waals surface area contributed by atoms with E-state index in [-0.39, 0.29) is 12.1 Å². The molecular weight excluding hydrogens is 232 g/mol. The van der Waals surface area contributed by atoms with E-state index in [0.29, 0.717) is 32.8 Å². The van der Waals surface area contributed by atoms with Gasteiger partial charge in [0.2, 0.25) is 0 Å². The zero-order chi connectivity index (χ0) is 13.6. The Balaban J connectivity index is 3.15. The maximum atomic E-state index is 11.3.